The maximum atomic E-state index is 13.3. The topological polar surface area (TPSA) is 114 Å². The van der Waals surface area contributed by atoms with Crippen LogP contribution >= 0.6 is 11.6 Å². The first-order valence-electron chi connectivity index (χ1n) is 13.5. The number of fused-ring (bicyclic) bond motifs is 1. The molecule has 4 rings (SSSR count). The number of carbonyl (C=O) groups is 3. The van der Waals surface area contributed by atoms with Gasteiger partial charge in [-0.2, -0.15) is 0 Å². The molecular formula is C30H35ClN4O5. The van der Waals surface area contributed by atoms with E-state index in [0.29, 0.717) is 60.9 Å². The van der Waals surface area contributed by atoms with E-state index in [2.05, 4.69) is 15.8 Å². The molecule has 0 saturated carbocycles. The maximum absolute atomic E-state index is 13.3. The molecule has 0 saturated heterocycles. The first-order valence-corrected chi connectivity index (χ1v) is 13.9. The van der Waals surface area contributed by atoms with Crippen molar-refractivity contribution in [3.63, 3.8) is 0 Å². The van der Waals surface area contributed by atoms with E-state index in [1.807, 2.05) is 44.2 Å². The third-order valence-corrected chi connectivity index (χ3v) is 7.15. The molecule has 0 fully saturated rings. The van der Waals surface area contributed by atoms with E-state index in [1.54, 1.807) is 23.1 Å². The first kappa shape index (κ1) is 29.1. The molecule has 1 atom stereocenters. The van der Waals surface area contributed by atoms with Gasteiger partial charge >= 0.3 is 0 Å². The molecule has 0 bridgehead atoms. The number of benzene rings is 2. The Morgan fingerprint density at radius 3 is 2.67 bits per heavy atom. The van der Waals surface area contributed by atoms with Crippen LogP contribution in [0.25, 0.3) is 0 Å². The third-order valence-electron chi connectivity index (χ3n) is 6.91. The molecular weight excluding hydrogens is 532 g/mol. The number of nitrogens with zero attached hydrogens (tertiary/aromatic N) is 2. The highest BCUT2D eigenvalue weighted by Gasteiger charge is 2.23. The van der Waals surface area contributed by atoms with Gasteiger partial charge in [-0.05, 0) is 63.3 Å². The van der Waals surface area contributed by atoms with Crippen molar-refractivity contribution < 1.29 is 23.6 Å². The SMILES string of the molecule is Cc1noc(C)c1CCC(=O)N1CCCCNC(=O)c2cc(Cl)ccc2OC[C@H](Cc2ccccc2)NC(=O)C1. The lowest BCUT2D eigenvalue weighted by atomic mass is 10.1. The average molecular weight is 567 g/mol. The quantitative estimate of drug-likeness (QED) is 0.482. The summed E-state index contributed by atoms with van der Waals surface area (Å²) in [6.07, 6.45) is 2.49. The zero-order chi connectivity index (χ0) is 28.5. The lowest BCUT2D eigenvalue weighted by Crippen LogP contribution is -2.47. The van der Waals surface area contributed by atoms with Crippen LogP contribution in [0.1, 0.15) is 52.2 Å². The van der Waals surface area contributed by atoms with Gasteiger partial charge in [0.25, 0.3) is 5.91 Å². The van der Waals surface area contributed by atoms with Gasteiger partial charge in [-0.3, -0.25) is 14.4 Å². The zero-order valence-electron chi connectivity index (χ0n) is 22.9. The van der Waals surface area contributed by atoms with Gasteiger partial charge in [0.1, 0.15) is 18.1 Å². The smallest absolute Gasteiger partial charge is 0.255 e. The minimum atomic E-state index is -0.397. The Hall–Kier alpha value is -3.85. The van der Waals surface area contributed by atoms with Gasteiger partial charge in [0.15, 0.2) is 0 Å². The second-order valence-electron chi connectivity index (χ2n) is 9.99. The molecule has 0 spiro atoms. The normalized spacial score (nSPS) is 17.1. The molecule has 2 N–H and O–H groups in total. The number of ether oxygens (including phenoxy) is 1. The third kappa shape index (κ3) is 8.08. The van der Waals surface area contributed by atoms with Gasteiger partial charge in [0.2, 0.25) is 11.8 Å². The van der Waals surface area contributed by atoms with Crippen LogP contribution in [-0.2, 0) is 22.4 Å². The molecule has 3 aromatic rings. The summed E-state index contributed by atoms with van der Waals surface area (Å²) < 4.78 is 11.3. The lowest BCUT2D eigenvalue weighted by Gasteiger charge is -2.25. The zero-order valence-corrected chi connectivity index (χ0v) is 23.6. The van der Waals surface area contributed by atoms with Gasteiger partial charge in [0, 0.05) is 30.1 Å². The summed E-state index contributed by atoms with van der Waals surface area (Å²) >= 11 is 6.17. The van der Waals surface area contributed by atoms with E-state index >= 15 is 0 Å². The van der Waals surface area contributed by atoms with Crippen molar-refractivity contribution in [2.24, 2.45) is 0 Å². The summed E-state index contributed by atoms with van der Waals surface area (Å²) in [5.74, 6) is 0.405. The number of carbonyl (C=O) groups excluding carboxylic acids is 3. The summed E-state index contributed by atoms with van der Waals surface area (Å²) in [7, 11) is 0. The average Bonchev–Trinajstić information content (AvgIpc) is 3.26. The Bertz CT molecular complexity index is 1310. The van der Waals surface area contributed by atoms with Crippen LogP contribution in [-0.4, -0.2) is 60.1 Å². The van der Waals surface area contributed by atoms with Crippen LogP contribution in [0.15, 0.2) is 53.1 Å². The minimum absolute atomic E-state index is 0.0652. The summed E-state index contributed by atoms with van der Waals surface area (Å²) in [5, 5.41) is 10.4. The van der Waals surface area contributed by atoms with Gasteiger partial charge in [0.05, 0.1) is 23.8 Å². The summed E-state index contributed by atoms with van der Waals surface area (Å²) in [4.78, 5) is 41.0. The van der Waals surface area contributed by atoms with Crippen LogP contribution in [0, 0.1) is 13.8 Å². The number of aryl methyl sites for hydroxylation is 2. The molecule has 2 aromatic carbocycles. The van der Waals surface area contributed by atoms with E-state index in [9.17, 15) is 14.4 Å². The highest BCUT2D eigenvalue weighted by molar-refractivity contribution is 6.31. The maximum Gasteiger partial charge on any atom is 0.255 e. The number of rotatable bonds is 5. The van der Waals surface area contributed by atoms with E-state index < -0.39 is 6.04 Å². The molecule has 0 aliphatic carbocycles. The minimum Gasteiger partial charge on any atom is -0.491 e. The molecule has 0 unspecified atom stereocenters. The van der Waals surface area contributed by atoms with E-state index in [0.717, 1.165) is 16.8 Å². The Balaban J connectivity index is 1.52. The van der Waals surface area contributed by atoms with E-state index in [4.69, 9.17) is 20.9 Å². The molecule has 1 aromatic heterocycles. The van der Waals surface area contributed by atoms with Crippen LogP contribution in [0.3, 0.4) is 0 Å². The highest BCUT2D eigenvalue weighted by Crippen LogP contribution is 2.24. The van der Waals surface area contributed by atoms with Gasteiger partial charge < -0.3 is 24.8 Å². The first-order chi connectivity index (χ1) is 19.3. The molecule has 1 aliphatic heterocycles. The van der Waals surface area contributed by atoms with Gasteiger partial charge in [-0.25, -0.2) is 0 Å². The number of amides is 3. The fraction of sp³-hybridized carbons (Fsp3) is 0.400. The van der Waals surface area contributed by atoms with Crippen molar-refractivity contribution in [1.29, 1.82) is 0 Å². The van der Waals surface area contributed by atoms with Gasteiger partial charge in [-0.1, -0.05) is 47.1 Å². The fourth-order valence-corrected chi connectivity index (χ4v) is 4.93. The second-order valence-corrected chi connectivity index (χ2v) is 10.4. The largest absolute Gasteiger partial charge is 0.491 e. The van der Waals surface area contributed by atoms with Crippen molar-refractivity contribution in [2.75, 3.05) is 26.2 Å². The molecule has 3 amide bonds. The Labute approximate surface area is 239 Å². The van der Waals surface area contributed by atoms with Crippen molar-refractivity contribution in [2.45, 2.75) is 52.0 Å². The molecule has 0 radical (unpaired) electrons. The van der Waals surface area contributed by atoms with Gasteiger partial charge in [-0.15, -0.1) is 0 Å². The number of halogens is 1. The van der Waals surface area contributed by atoms with Crippen molar-refractivity contribution >= 4 is 29.3 Å². The number of nitrogens with one attached hydrogen (secondary N) is 2. The standard InChI is InChI=1S/C30H35ClN4O5/c1-20-25(21(2)40-34-20)11-13-29(37)35-15-7-6-14-32-30(38)26-17-23(31)10-12-27(26)39-19-24(33-28(36)18-35)16-22-8-4-3-5-9-22/h3-5,8-10,12,17,24H,6-7,11,13-16,18-19H2,1-2H3,(H,32,38)(H,33,36)/t24-/m0/s1. The highest BCUT2D eigenvalue weighted by atomic mass is 35.5. The molecule has 2 heterocycles. The van der Waals surface area contributed by atoms with Crippen molar-refractivity contribution in [1.82, 2.24) is 20.7 Å². The predicted octanol–water partition coefficient (Wildman–Crippen LogP) is 4.04. The monoisotopic (exact) mass is 566 g/mol. The Morgan fingerprint density at radius 2 is 1.93 bits per heavy atom. The molecule has 10 heteroatoms. The summed E-state index contributed by atoms with van der Waals surface area (Å²) in [6.45, 7) is 4.55. The van der Waals surface area contributed by atoms with Crippen LogP contribution in [0.5, 0.6) is 5.75 Å². The Kier molecular flexibility index (Phi) is 10.2. The van der Waals surface area contributed by atoms with Crippen LogP contribution in [0.4, 0.5) is 0 Å². The molecule has 40 heavy (non-hydrogen) atoms. The fourth-order valence-electron chi connectivity index (χ4n) is 4.76. The lowest BCUT2D eigenvalue weighted by molar-refractivity contribution is -0.136. The number of aromatic nitrogens is 1. The summed E-state index contributed by atoms with van der Waals surface area (Å²) in [6, 6.07) is 14.3. The number of hydrogen-bond acceptors (Lipinski definition) is 6. The molecule has 212 valence electrons. The molecule has 1 aliphatic rings. The predicted molar refractivity (Wildman–Crippen MR) is 151 cm³/mol. The second kappa shape index (κ2) is 14.0. The van der Waals surface area contributed by atoms with Crippen molar-refractivity contribution in [3.05, 3.63) is 81.7 Å². The number of hydrogen-bond donors (Lipinski definition) is 2. The summed E-state index contributed by atoms with van der Waals surface area (Å²) in [5.41, 5.74) is 3.04. The van der Waals surface area contributed by atoms with E-state index in [1.165, 1.54) is 0 Å². The van der Waals surface area contributed by atoms with Crippen LogP contribution < -0.4 is 15.4 Å². The van der Waals surface area contributed by atoms with E-state index in [-0.39, 0.29) is 37.3 Å². The Morgan fingerprint density at radius 1 is 1.12 bits per heavy atom. The van der Waals surface area contributed by atoms with Crippen molar-refractivity contribution in [3.8, 4) is 5.75 Å². The van der Waals surface area contributed by atoms with Crippen LogP contribution in [0.2, 0.25) is 5.02 Å². The molecule has 9 nitrogen and oxygen atoms in total.